The number of rotatable bonds is 1. The van der Waals surface area contributed by atoms with E-state index in [1.807, 2.05) is 30.3 Å². The maximum absolute atomic E-state index is 9.50. The SMILES string of the molecule is Oc1cccc(-c2nccc3ncccc23)c1. The molecule has 0 bridgehead atoms. The molecule has 0 atom stereocenters. The van der Waals surface area contributed by atoms with Crippen LogP contribution in [-0.4, -0.2) is 15.1 Å². The number of phenols is 1. The van der Waals surface area contributed by atoms with Crippen LogP contribution in [0.3, 0.4) is 0 Å². The smallest absolute Gasteiger partial charge is 0.116 e. The van der Waals surface area contributed by atoms with Gasteiger partial charge in [-0.1, -0.05) is 12.1 Å². The van der Waals surface area contributed by atoms with Crippen LogP contribution in [0.2, 0.25) is 0 Å². The highest BCUT2D eigenvalue weighted by Gasteiger charge is 2.05. The standard InChI is InChI=1S/C14H10N2O/c17-11-4-1-3-10(9-11)14-12-5-2-7-15-13(12)6-8-16-14/h1-9,17H. The molecule has 1 aromatic carbocycles. The van der Waals surface area contributed by atoms with Gasteiger partial charge in [0, 0.05) is 23.3 Å². The second-order valence-corrected chi connectivity index (χ2v) is 3.78. The molecule has 0 spiro atoms. The van der Waals surface area contributed by atoms with Gasteiger partial charge in [-0.3, -0.25) is 9.97 Å². The minimum absolute atomic E-state index is 0.241. The largest absolute Gasteiger partial charge is 0.508 e. The Balaban J connectivity index is 2.30. The Kier molecular flexibility index (Phi) is 2.22. The Hall–Kier alpha value is -2.42. The van der Waals surface area contributed by atoms with Crippen LogP contribution in [0, 0.1) is 0 Å². The van der Waals surface area contributed by atoms with Crippen LogP contribution in [-0.2, 0) is 0 Å². The molecule has 3 nitrogen and oxygen atoms in total. The molecule has 0 fully saturated rings. The summed E-state index contributed by atoms with van der Waals surface area (Å²) in [5.74, 6) is 0.241. The second kappa shape index (κ2) is 3.87. The van der Waals surface area contributed by atoms with Gasteiger partial charge >= 0.3 is 0 Å². The van der Waals surface area contributed by atoms with E-state index in [1.165, 1.54) is 0 Å². The van der Waals surface area contributed by atoms with Crippen LogP contribution in [0.4, 0.5) is 0 Å². The third-order valence-corrected chi connectivity index (χ3v) is 2.65. The summed E-state index contributed by atoms with van der Waals surface area (Å²) in [4.78, 5) is 8.65. The third kappa shape index (κ3) is 1.72. The Morgan fingerprint density at radius 3 is 2.71 bits per heavy atom. The van der Waals surface area contributed by atoms with Crippen molar-refractivity contribution in [2.75, 3.05) is 0 Å². The van der Waals surface area contributed by atoms with Gasteiger partial charge in [0.2, 0.25) is 0 Å². The van der Waals surface area contributed by atoms with Gasteiger partial charge < -0.3 is 5.11 Å². The van der Waals surface area contributed by atoms with Crippen molar-refractivity contribution in [1.82, 2.24) is 9.97 Å². The van der Waals surface area contributed by atoms with E-state index in [1.54, 1.807) is 24.5 Å². The predicted octanol–water partition coefficient (Wildman–Crippen LogP) is 3.00. The molecule has 82 valence electrons. The van der Waals surface area contributed by atoms with E-state index in [-0.39, 0.29) is 5.75 Å². The van der Waals surface area contributed by atoms with Gasteiger partial charge in [0.25, 0.3) is 0 Å². The van der Waals surface area contributed by atoms with Crippen molar-refractivity contribution in [1.29, 1.82) is 0 Å². The topological polar surface area (TPSA) is 46.0 Å². The molecule has 3 aromatic rings. The van der Waals surface area contributed by atoms with Crippen LogP contribution in [0.15, 0.2) is 54.9 Å². The van der Waals surface area contributed by atoms with Gasteiger partial charge in [-0.25, -0.2) is 0 Å². The molecule has 0 amide bonds. The van der Waals surface area contributed by atoms with Gasteiger partial charge in [0.1, 0.15) is 5.75 Å². The molecule has 0 saturated heterocycles. The Bertz CT molecular complexity index is 674. The molecule has 1 N–H and O–H groups in total. The first kappa shape index (κ1) is 9.78. The number of hydrogen-bond acceptors (Lipinski definition) is 3. The summed E-state index contributed by atoms with van der Waals surface area (Å²) in [6.07, 6.45) is 3.49. The zero-order valence-corrected chi connectivity index (χ0v) is 9.04. The zero-order valence-electron chi connectivity index (χ0n) is 9.04. The molecular formula is C14H10N2O. The van der Waals surface area contributed by atoms with E-state index in [0.29, 0.717) is 0 Å². The molecule has 0 aliphatic heterocycles. The van der Waals surface area contributed by atoms with Crippen molar-refractivity contribution in [3.05, 3.63) is 54.9 Å². The molecule has 0 saturated carbocycles. The van der Waals surface area contributed by atoms with E-state index >= 15 is 0 Å². The van der Waals surface area contributed by atoms with Crippen molar-refractivity contribution in [3.8, 4) is 17.0 Å². The van der Waals surface area contributed by atoms with Gasteiger partial charge in [-0.15, -0.1) is 0 Å². The first-order valence-electron chi connectivity index (χ1n) is 5.34. The number of fused-ring (bicyclic) bond motifs is 1. The molecule has 3 heteroatoms. The zero-order chi connectivity index (χ0) is 11.7. The Labute approximate surface area is 98.4 Å². The molecule has 2 heterocycles. The minimum Gasteiger partial charge on any atom is -0.508 e. The van der Waals surface area contributed by atoms with Gasteiger partial charge in [0.05, 0.1) is 11.2 Å². The van der Waals surface area contributed by atoms with Crippen molar-refractivity contribution >= 4 is 10.9 Å². The first-order chi connectivity index (χ1) is 8.34. The lowest BCUT2D eigenvalue weighted by Crippen LogP contribution is -1.87. The van der Waals surface area contributed by atoms with E-state index in [9.17, 15) is 5.11 Å². The number of aromatic hydroxyl groups is 1. The Morgan fingerprint density at radius 1 is 0.882 bits per heavy atom. The summed E-state index contributed by atoms with van der Waals surface area (Å²) in [5.41, 5.74) is 2.64. The number of phenolic OH excluding ortho intramolecular Hbond substituents is 1. The average molecular weight is 222 g/mol. The lowest BCUT2D eigenvalue weighted by atomic mass is 10.1. The number of nitrogens with zero attached hydrogens (tertiary/aromatic N) is 2. The molecule has 3 rings (SSSR count). The summed E-state index contributed by atoms with van der Waals surface area (Å²) in [5, 5.41) is 10.5. The molecule has 0 radical (unpaired) electrons. The highest BCUT2D eigenvalue weighted by Crippen LogP contribution is 2.27. The molecule has 2 aromatic heterocycles. The predicted molar refractivity (Wildman–Crippen MR) is 66.6 cm³/mol. The monoisotopic (exact) mass is 222 g/mol. The van der Waals surface area contributed by atoms with Crippen molar-refractivity contribution in [2.24, 2.45) is 0 Å². The third-order valence-electron chi connectivity index (χ3n) is 2.65. The minimum atomic E-state index is 0.241. The highest BCUT2D eigenvalue weighted by molar-refractivity contribution is 5.92. The van der Waals surface area contributed by atoms with Crippen LogP contribution in [0.1, 0.15) is 0 Å². The van der Waals surface area contributed by atoms with Crippen molar-refractivity contribution < 1.29 is 5.11 Å². The molecule has 0 aliphatic carbocycles. The van der Waals surface area contributed by atoms with E-state index in [2.05, 4.69) is 9.97 Å². The van der Waals surface area contributed by atoms with Crippen molar-refractivity contribution in [3.63, 3.8) is 0 Å². The lowest BCUT2D eigenvalue weighted by molar-refractivity contribution is 0.475. The summed E-state index contributed by atoms with van der Waals surface area (Å²) >= 11 is 0. The summed E-state index contributed by atoms with van der Waals surface area (Å²) in [7, 11) is 0. The number of aromatic nitrogens is 2. The van der Waals surface area contributed by atoms with E-state index < -0.39 is 0 Å². The van der Waals surface area contributed by atoms with Gasteiger partial charge in [0.15, 0.2) is 0 Å². The van der Waals surface area contributed by atoms with Crippen molar-refractivity contribution in [2.45, 2.75) is 0 Å². The quantitative estimate of drug-likeness (QED) is 0.688. The van der Waals surface area contributed by atoms with Gasteiger partial charge in [-0.05, 0) is 30.3 Å². The van der Waals surface area contributed by atoms with E-state index in [4.69, 9.17) is 0 Å². The second-order valence-electron chi connectivity index (χ2n) is 3.78. The molecular weight excluding hydrogens is 212 g/mol. The van der Waals surface area contributed by atoms with Crippen LogP contribution in [0.5, 0.6) is 5.75 Å². The molecule has 0 aliphatic rings. The fourth-order valence-corrected chi connectivity index (χ4v) is 1.89. The maximum atomic E-state index is 9.50. The normalized spacial score (nSPS) is 10.6. The van der Waals surface area contributed by atoms with E-state index in [0.717, 1.165) is 22.2 Å². The fourth-order valence-electron chi connectivity index (χ4n) is 1.89. The lowest BCUT2D eigenvalue weighted by Gasteiger charge is -2.05. The van der Waals surface area contributed by atoms with Crippen LogP contribution < -0.4 is 0 Å². The number of pyridine rings is 2. The highest BCUT2D eigenvalue weighted by atomic mass is 16.3. The maximum Gasteiger partial charge on any atom is 0.116 e. The molecule has 17 heavy (non-hydrogen) atoms. The van der Waals surface area contributed by atoms with Crippen LogP contribution in [0.25, 0.3) is 22.2 Å². The van der Waals surface area contributed by atoms with Gasteiger partial charge in [-0.2, -0.15) is 0 Å². The Morgan fingerprint density at radius 2 is 1.82 bits per heavy atom. The fraction of sp³-hybridized carbons (Fsp3) is 0. The number of hydrogen-bond donors (Lipinski definition) is 1. The first-order valence-corrected chi connectivity index (χ1v) is 5.34. The summed E-state index contributed by atoms with van der Waals surface area (Å²) < 4.78 is 0. The van der Waals surface area contributed by atoms with Crippen LogP contribution >= 0.6 is 0 Å². The number of benzene rings is 1. The molecule has 0 unspecified atom stereocenters. The summed E-state index contributed by atoms with van der Waals surface area (Å²) in [6.45, 7) is 0. The summed E-state index contributed by atoms with van der Waals surface area (Å²) in [6, 6.07) is 12.8. The average Bonchev–Trinajstić information content (AvgIpc) is 2.38.